The highest BCUT2D eigenvalue weighted by Crippen LogP contribution is 2.41. The highest BCUT2D eigenvalue weighted by Gasteiger charge is 2.28. The molecule has 3 aromatic rings. The number of rotatable bonds is 11. The van der Waals surface area contributed by atoms with E-state index in [0.717, 1.165) is 0 Å². The van der Waals surface area contributed by atoms with E-state index in [9.17, 15) is 14.3 Å². The van der Waals surface area contributed by atoms with Gasteiger partial charge in [0.1, 0.15) is 23.0 Å². The van der Waals surface area contributed by atoms with Gasteiger partial charge in [-0.25, -0.2) is 9.37 Å². The Labute approximate surface area is 238 Å². The van der Waals surface area contributed by atoms with Crippen molar-refractivity contribution < 1.29 is 32.9 Å². The van der Waals surface area contributed by atoms with Gasteiger partial charge in [-0.2, -0.15) is 4.39 Å². The summed E-state index contributed by atoms with van der Waals surface area (Å²) in [6, 6.07) is 8.67. The van der Waals surface area contributed by atoms with E-state index in [4.69, 9.17) is 31.1 Å². The molecule has 4 rings (SSSR count). The monoisotopic (exact) mass is 586 g/mol. The van der Waals surface area contributed by atoms with Crippen LogP contribution >= 0.6 is 11.8 Å². The molecule has 0 amide bonds. The third-order valence-corrected chi connectivity index (χ3v) is 7.12. The topological polar surface area (TPSA) is 169 Å². The molecule has 11 nitrogen and oxygen atoms in total. The molecule has 6 N–H and O–H groups in total. The van der Waals surface area contributed by atoms with E-state index >= 15 is 4.39 Å². The summed E-state index contributed by atoms with van der Waals surface area (Å²) in [5.41, 5.74) is 12.0. The van der Waals surface area contributed by atoms with E-state index < -0.39 is 40.6 Å². The molecule has 2 unspecified atom stereocenters. The van der Waals surface area contributed by atoms with Gasteiger partial charge in [0.15, 0.2) is 17.3 Å². The number of hydrogen-bond acceptors (Lipinski definition) is 11. The van der Waals surface area contributed by atoms with Crippen LogP contribution in [0.1, 0.15) is 24.2 Å². The van der Waals surface area contributed by atoms with E-state index in [0.29, 0.717) is 23.2 Å². The van der Waals surface area contributed by atoms with Gasteiger partial charge >= 0.3 is 5.97 Å². The Morgan fingerprint density at radius 1 is 1.24 bits per heavy atom. The predicted molar refractivity (Wildman–Crippen MR) is 149 cm³/mol. The Morgan fingerprint density at radius 3 is 2.68 bits per heavy atom. The number of aliphatic imine (C=N–C) groups is 1. The molecule has 1 aliphatic heterocycles. The van der Waals surface area contributed by atoms with Gasteiger partial charge in [-0.3, -0.25) is 20.1 Å². The molecule has 0 bridgehead atoms. The Balaban J connectivity index is 1.69. The maximum atomic E-state index is 15.5. The second-order valence-corrected chi connectivity index (χ2v) is 10.1. The zero-order valence-electron chi connectivity index (χ0n) is 22.1. The lowest BCUT2D eigenvalue weighted by Crippen LogP contribution is -2.28. The summed E-state index contributed by atoms with van der Waals surface area (Å²) < 4.78 is 46.6. The van der Waals surface area contributed by atoms with Crippen LogP contribution < -0.4 is 20.9 Å². The molecule has 0 aliphatic carbocycles. The molecular formula is C27H28F2N6O5S. The van der Waals surface area contributed by atoms with Crippen LogP contribution in [-0.4, -0.2) is 65.0 Å². The highest BCUT2D eigenvalue weighted by molar-refractivity contribution is 8.00. The number of carbonyl (C=O) groups is 1. The zero-order chi connectivity index (χ0) is 29.7. The van der Waals surface area contributed by atoms with E-state index in [1.807, 2.05) is 11.9 Å². The van der Waals surface area contributed by atoms with Crippen LogP contribution in [0.4, 0.5) is 8.78 Å². The van der Waals surface area contributed by atoms with Gasteiger partial charge < -0.3 is 30.8 Å². The van der Waals surface area contributed by atoms with Crippen LogP contribution in [0.2, 0.25) is 0 Å². The van der Waals surface area contributed by atoms with Crippen LogP contribution in [0.15, 0.2) is 52.5 Å². The number of phenols is 1. The lowest BCUT2D eigenvalue weighted by molar-refractivity contribution is -0.142. The molecule has 2 aromatic carbocycles. The largest absolute Gasteiger partial charge is 0.504 e. The van der Waals surface area contributed by atoms with Crippen molar-refractivity contribution in [1.29, 1.82) is 5.41 Å². The number of carbonyl (C=O) groups excluding carboxylic acids is 1. The number of benzene rings is 2. The second-order valence-electron chi connectivity index (χ2n) is 8.79. The van der Waals surface area contributed by atoms with Crippen LogP contribution in [-0.2, 0) is 9.53 Å². The van der Waals surface area contributed by atoms with Crippen LogP contribution in [0, 0.1) is 17.0 Å². The van der Waals surface area contributed by atoms with Crippen molar-refractivity contribution in [2.24, 2.45) is 16.5 Å². The Kier molecular flexibility index (Phi) is 9.37. The fourth-order valence-corrected chi connectivity index (χ4v) is 4.80. The molecule has 0 saturated carbocycles. The third-order valence-electron chi connectivity index (χ3n) is 5.92. The highest BCUT2D eigenvalue weighted by atomic mass is 32.2. The normalized spacial score (nSPS) is 15.5. The smallest absolute Gasteiger partial charge is 0.320 e. The molecule has 0 fully saturated rings. The maximum absolute atomic E-state index is 15.5. The third kappa shape index (κ3) is 6.73. The number of aromatic hydroxyl groups is 1. The Hall–Kier alpha value is -4.27. The average molecular weight is 587 g/mol. The first-order valence-corrected chi connectivity index (χ1v) is 13.3. The summed E-state index contributed by atoms with van der Waals surface area (Å²) in [5.74, 6) is -5.13. The molecule has 1 aromatic heterocycles. The first-order valence-electron chi connectivity index (χ1n) is 12.4. The molecule has 41 heavy (non-hydrogen) atoms. The number of phenolic OH excluding ortho intramolecular Hbond substituents is 1. The summed E-state index contributed by atoms with van der Waals surface area (Å²) in [4.78, 5) is 22.9. The fourth-order valence-electron chi connectivity index (χ4n) is 3.87. The van der Waals surface area contributed by atoms with E-state index in [-0.39, 0.29) is 41.8 Å². The molecule has 2 heterocycles. The molecular weight excluding hydrogens is 558 g/mol. The number of thioether (sulfide) groups is 1. The number of nitrogens with one attached hydrogen (secondary N) is 1. The fraction of sp³-hybridized carbons (Fsp3) is 0.259. The number of nitrogens with two attached hydrogens (primary N) is 2. The number of esters is 1. The minimum Gasteiger partial charge on any atom is -0.504 e. The minimum absolute atomic E-state index is 0.0413. The van der Waals surface area contributed by atoms with Crippen LogP contribution in [0.3, 0.4) is 0 Å². The molecule has 0 spiro atoms. The van der Waals surface area contributed by atoms with E-state index in [1.165, 1.54) is 36.0 Å². The van der Waals surface area contributed by atoms with Crippen molar-refractivity contribution in [2.45, 2.75) is 23.2 Å². The average Bonchev–Trinajstić information content (AvgIpc) is 3.38. The lowest BCUT2D eigenvalue weighted by Gasteiger charge is -2.22. The van der Waals surface area contributed by atoms with Crippen molar-refractivity contribution in [3.63, 3.8) is 0 Å². The van der Waals surface area contributed by atoms with Crippen LogP contribution in [0.25, 0.3) is 0 Å². The van der Waals surface area contributed by atoms with Crippen molar-refractivity contribution in [3.8, 4) is 28.9 Å². The van der Waals surface area contributed by atoms with Gasteiger partial charge in [-0.15, -0.1) is 11.8 Å². The van der Waals surface area contributed by atoms with Gasteiger partial charge in [-0.1, -0.05) is 0 Å². The SMILES string of the molecule is CCOC(=O)C(CN)Sc1ccc(Oc2c(F)cnc(Oc3cc(C(=N)N)ccc3O)c2F)c(C2N=CCN2C)c1. The summed E-state index contributed by atoms with van der Waals surface area (Å²) in [6.07, 6.45) is 1.89. The number of halogens is 2. The van der Waals surface area contributed by atoms with E-state index in [1.54, 1.807) is 25.3 Å². The van der Waals surface area contributed by atoms with Crippen molar-refractivity contribution >= 4 is 29.8 Å². The van der Waals surface area contributed by atoms with Gasteiger partial charge in [0.05, 0.1) is 12.8 Å². The number of nitrogen functional groups attached to an aromatic ring is 1. The summed E-state index contributed by atoms with van der Waals surface area (Å²) >= 11 is 1.19. The Bertz CT molecular complexity index is 1490. The predicted octanol–water partition coefficient (Wildman–Crippen LogP) is 3.93. The molecule has 1 aliphatic rings. The first kappa shape index (κ1) is 29.7. The number of ether oxygens (including phenoxy) is 3. The number of nitrogens with zero attached hydrogens (tertiary/aromatic N) is 3. The van der Waals surface area contributed by atoms with Crippen molar-refractivity contribution in [1.82, 2.24) is 9.88 Å². The summed E-state index contributed by atoms with van der Waals surface area (Å²) in [5, 5.41) is 17.0. The van der Waals surface area contributed by atoms with Gasteiger partial charge in [0.25, 0.3) is 5.88 Å². The van der Waals surface area contributed by atoms with Gasteiger partial charge in [-0.05, 0) is 50.4 Å². The molecule has 0 saturated heterocycles. The summed E-state index contributed by atoms with van der Waals surface area (Å²) in [7, 11) is 1.82. The van der Waals surface area contributed by atoms with Gasteiger partial charge in [0.2, 0.25) is 11.6 Å². The molecule has 2 atom stereocenters. The molecule has 0 radical (unpaired) electrons. The number of amidine groups is 1. The number of hydrogen-bond donors (Lipinski definition) is 4. The molecule has 14 heteroatoms. The van der Waals surface area contributed by atoms with Crippen molar-refractivity contribution in [2.75, 3.05) is 26.7 Å². The standard InChI is InChI=1S/C27H28F2N6O5S/c1-3-38-27(37)21(12-30)41-15-5-7-19(16(11-15)25-33-8-9-35(25)2)39-23-17(28)13-34-26(22(23)29)40-20-10-14(24(31)32)4-6-18(20)36/h4-8,10-11,13,21,25,36H,3,9,12,30H2,1-2H3,(H3,31,32). The van der Waals surface area contributed by atoms with Gasteiger partial charge in [0, 0.05) is 35.3 Å². The quantitative estimate of drug-likeness (QED) is 0.112. The Morgan fingerprint density at radius 2 is 2.02 bits per heavy atom. The minimum atomic E-state index is -1.27. The number of aromatic nitrogens is 1. The lowest BCUT2D eigenvalue weighted by atomic mass is 10.1. The summed E-state index contributed by atoms with van der Waals surface area (Å²) in [6.45, 7) is 2.49. The molecule has 216 valence electrons. The van der Waals surface area contributed by atoms with Crippen molar-refractivity contribution in [3.05, 3.63) is 65.4 Å². The number of pyridine rings is 1. The zero-order valence-corrected chi connectivity index (χ0v) is 23.0. The van der Waals surface area contributed by atoms with E-state index in [2.05, 4.69) is 9.98 Å². The second kappa shape index (κ2) is 12.9. The van der Waals surface area contributed by atoms with Crippen LogP contribution in [0.5, 0.6) is 28.9 Å². The maximum Gasteiger partial charge on any atom is 0.320 e. The first-order chi connectivity index (χ1) is 19.6.